The fourth-order valence-electron chi connectivity index (χ4n) is 1.18. The number of rotatable bonds is 2. The molecule has 1 amide bonds. The van der Waals surface area contributed by atoms with Gasteiger partial charge < -0.3 is 11.1 Å². The maximum Gasteiger partial charge on any atom is 0.418 e. The van der Waals surface area contributed by atoms with Gasteiger partial charge in [-0.2, -0.15) is 13.2 Å². The van der Waals surface area contributed by atoms with E-state index in [-0.39, 0.29) is 11.4 Å². The van der Waals surface area contributed by atoms with Crippen LogP contribution in [0.25, 0.3) is 0 Å². The highest BCUT2D eigenvalue weighted by atomic mass is 19.4. The Balaban J connectivity index is 3.12. The molecule has 0 aliphatic heterocycles. The van der Waals surface area contributed by atoms with E-state index < -0.39 is 23.6 Å². The number of carbonyl (C=O) groups is 1. The zero-order valence-corrected chi connectivity index (χ0v) is 9.43. The fraction of sp³-hybridized carbons (Fsp3) is 0.364. The van der Waals surface area contributed by atoms with Crippen molar-refractivity contribution >= 4 is 17.3 Å². The Morgan fingerprint density at radius 2 is 1.94 bits per heavy atom. The van der Waals surface area contributed by atoms with Gasteiger partial charge in [0.25, 0.3) is 0 Å². The van der Waals surface area contributed by atoms with Gasteiger partial charge in [0, 0.05) is 11.6 Å². The lowest BCUT2D eigenvalue weighted by molar-refractivity contribution is -0.136. The van der Waals surface area contributed by atoms with Crippen molar-refractivity contribution in [1.29, 1.82) is 0 Å². The average Bonchev–Trinajstić information content (AvgIpc) is 2.18. The van der Waals surface area contributed by atoms with Crippen LogP contribution in [-0.2, 0) is 11.0 Å². The molecule has 0 radical (unpaired) electrons. The molecular formula is C11H13F3N2O. The molecule has 3 nitrogen and oxygen atoms in total. The molecule has 94 valence electrons. The second kappa shape index (κ2) is 4.65. The van der Waals surface area contributed by atoms with Crippen molar-refractivity contribution in [1.82, 2.24) is 0 Å². The number of nitrogen functional groups attached to an aromatic ring is 1. The van der Waals surface area contributed by atoms with Gasteiger partial charge in [-0.05, 0) is 18.2 Å². The monoisotopic (exact) mass is 246 g/mol. The summed E-state index contributed by atoms with van der Waals surface area (Å²) in [6, 6.07) is 3.26. The zero-order chi connectivity index (χ0) is 13.2. The predicted molar refractivity (Wildman–Crippen MR) is 59.3 cm³/mol. The van der Waals surface area contributed by atoms with E-state index >= 15 is 0 Å². The van der Waals surface area contributed by atoms with Crippen molar-refractivity contribution in [3.63, 3.8) is 0 Å². The molecule has 0 aliphatic carbocycles. The van der Waals surface area contributed by atoms with E-state index in [4.69, 9.17) is 5.73 Å². The predicted octanol–water partition coefficient (Wildman–Crippen LogP) is 2.88. The maximum atomic E-state index is 12.7. The topological polar surface area (TPSA) is 55.1 Å². The van der Waals surface area contributed by atoms with Crippen LogP contribution in [0.1, 0.15) is 19.4 Å². The third-order valence-electron chi connectivity index (χ3n) is 2.13. The summed E-state index contributed by atoms with van der Waals surface area (Å²) in [7, 11) is 0. The molecule has 0 saturated carbocycles. The standard InChI is InChI=1S/C11H13F3N2O/c1-6(2)10(17)16-9-4-3-7(15)5-8(9)11(12,13)14/h3-6H,15H2,1-2H3,(H,16,17). The van der Waals surface area contributed by atoms with Crippen LogP contribution in [0.5, 0.6) is 0 Å². The molecule has 0 aromatic heterocycles. The summed E-state index contributed by atoms with van der Waals surface area (Å²) < 4.78 is 38.0. The van der Waals surface area contributed by atoms with Crippen molar-refractivity contribution in [2.75, 3.05) is 11.1 Å². The number of amides is 1. The van der Waals surface area contributed by atoms with Gasteiger partial charge in [0.05, 0.1) is 11.3 Å². The minimum Gasteiger partial charge on any atom is -0.399 e. The van der Waals surface area contributed by atoms with Crippen LogP contribution in [0.4, 0.5) is 24.5 Å². The molecule has 0 spiro atoms. The van der Waals surface area contributed by atoms with Crippen LogP contribution in [-0.4, -0.2) is 5.91 Å². The number of benzene rings is 1. The lowest BCUT2D eigenvalue weighted by atomic mass is 10.1. The molecule has 0 aliphatic rings. The highest BCUT2D eigenvalue weighted by Crippen LogP contribution is 2.36. The number of hydrogen-bond donors (Lipinski definition) is 2. The summed E-state index contributed by atoms with van der Waals surface area (Å²) in [5, 5.41) is 2.23. The SMILES string of the molecule is CC(C)C(=O)Nc1ccc(N)cc1C(F)(F)F. The lowest BCUT2D eigenvalue weighted by Gasteiger charge is -2.15. The first-order valence-corrected chi connectivity index (χ1v) is 4.99. The quantitative estimate of drug-likeness (QED) is 0.788. The summed E-state index contributed by atoms with van der Waals surface area (Å²) in [5.74, 6) is -0.867. The van der Waals surface area contributed by atoms with Gasteiger partial charge in [0.15, 0.2) is 0 Å². The van der Waals surface area contributed by atoms with Crippen molar-refractivity contribution in [3.8, 4) is 0 Å². The van der Waals surface area contributed by atoms with Crippen LogP contribution in [0, 0.1) is 5.92 Å². The first kappa shape index (κ1) is 13.3. The molecule has 0 heterocycles. The average molecular weight is 246 g/mol. The molecule has 1 rings (SSSR count). The molecular weight excluding hydrogens is 233 g/mol. The third-order valence-corrected chi connectivity index (χ3v) is 2.13. The second-order valence-electron chi connectivity index (χ2n) is 3.95. The minimum atomic E-state index is -4.55. The summed E-state index contributed by atoms with van der Waals surface area (Å²) in [6.07, 6.45) is -4.55. The molecule has 1 aromatic rings. The highest BCUT2D eigenvalue weighted by Gasteiger charge is 2.34. The largest absolute Gasteiger partial charge is 0.418 e. The zero-order valence-electron chi connectivity index (χ0n) is 9.43. The van der Waals surface area contributed by atoms with Crippen molar-refractivity contribution < 1.29 is 18.0 Å². The number of nitrogens with two attached hydrogens (primary N) is 1. The number of carbonyl (C=O) groups excluding carboxylic acids is 1. The van der Waals surface area contributed by atoms with Crippen LogP contribution < -0.4 is 11.1 Å². The number of alkyl halides is 3. The number of anilines is 2. The van der Waals surface area contributed by atoms with E-state index in [0.29, 0.717) is 0 Å². The van der Waals surface area contributed by atoms with Gasteiger partial charge in [0.1, 0.15) is 0 Å². The smallest absolute Gasteiger partial charge is 0.399 e. The Morgan fingerprint density at radius 3 is 2.41 bits per heavy atom. The molecule has 17 heavy (non-hydrogen) atoms. The van der Waals surface area contributed by atoms with Crippen LogP contribution in [0.3, 0.4) is 0 Å². The van der Waals surface area contributed by atoms with E-state index in [1.54, 1.807) is 13.8 Å². The third kappa shape index (κ3) is 3.37. The Morgan fingerprint density at radius 1 is 1.35 bits per heavy atom. The lowest BCUT2D eigenvalue weighted by Crippen LogP contribution is -2.20. The molecule has 0 saturated heterocycles. The maximum absolute atomic E-state index is 12.7. The molecule has 6 heteroatoms. The first-order chi connectivity index (χ1) is 7.71. The Labute approximate surface area is 96.8 Å². The van der Waals surface area contributed by atoms with Crippen LogP contribution in [0.15, 0.2) is 18.2 Å². The van der Waals surface area contributed by atoms with Gasteiger partial charge >= 0.3 is 6.18 Å². The number of hydrogen-bond acceptors (Lipinski definition) is 2. The van der Waals surface area contributed by atoms with E-state index in [1.165, 1.54) is 6.07 Å². The minimum absolute atomic E-state index is 0.000120. The van der Waals surface area contributed by atoms with E-state index in [2.05, 4.69) is 5.32 Å². The summed E-state index contributed by atoms with van der Waals surface area (Å²) in [5.41, 5.74) is 4.09. The Bertz CT molecular complexity index is 427. The highest BCUT2D eigenvalue weighted by molar-refractivity contribution is 5.93. The van der Waals surface area contributed by atoms with Crippen molar-refractivity contribution in [2.45, 2.75) is 20.0 Å². The molecule has 1 aromatic carbocycles. The second-order valence-corrected chi connectivity index (χ2v) is 3.95. The van der Waals surface area contributed by atoms with E-state index in [1.807, 2.05) is 0 Å². The Kier molecular flexibility index (Phi) is 3.65. The van der Waals surface area contributed by atoms with Gasteiger partial charge in [-0.3, -0.25) is 4.79 Å². The normalized spacial score (nSPS) is 11.6. The van der Waals surface area contributed by atoms with Crippen LogP contribution >= 0.6 is 0 Å². The molecule has 0 atom stereocenters. The van der Waals surface area contributed by atoms with Crippen molar-refractivity contribution in [3.05, 3.63) is 23.8 Å². The summed E-state index contributed by atoms with van der Waals surface area (Å²) in [6.45, 7) is 3.19. The van der Waals surface area contributed by atoms with Gasteiger partial charge in [-0.25, -0.2) is 0 Å². The van der Waals surface area contributed by atoms with E-state index in [9.17, 15) is 18.0 Å². The molecule has 0 unspecified atom stereocenters. The Hall–Kier alpha value is -1.72. The molecule has 3 N–H and O–H groups in total. The number of nitrogens with one attached hydrogen (secondary N) is 1. The van der Waals surface area contributed by atoms with Crippen LogP contribution in [0.2, 0.25) is 0 Å². The van der Waals surface area contributed by atoms with Gasteiger partial charge in [-0.1, -0.05) is 13.8 Å². The molecule has 0 fully saturated rings. The molecule has 0 bridgehead atoms. The van der Waals surface area contributed by atoms with Crippen molar-refractivity contribution in [2.24, 2.45) is 5.92 Å². The fourth-order valence-corrected chi connectivity index (χ4v) is 1.18. The van der Waals surface area contributed by atoms with Gasteiger partial charge in [0.2, 0.25) is 5.91 Å². The first-order valence-electron chi connectivity index (χ1n) is 4.99. The summed E-state index contributed by atoms with van der Waals surface area (Å²) >= 11 is 0. The van der Waals surface area contributed by atoms with E-state index in [0.717, 1.165) is 12.1 Å². The van der Waals surface area contributed by atoms with Gasteiger partial charge in [-0.15, -0.1) is 0 Å². The number of halogens is 3. The summed E-state index contributed by atoms with van der Waals surface area (Å²) in [4.78, 5) is 11.4.